The number of nitrogens with two attached hydrogens (primary N) is 1. The molecule has 3 amide bonds. The fourth-order valence-electron chi connectivity index (χ4n) is 3.38. The molecule has 1 heterocycles. The first-order chi connectivity index (χ1) is 18.8. The quantitative estimate of drug-likeness (QED) is 0.202. The zero-order valence-electron chi connectivity index (χ0n) is 21.2. The van der Waals surface area contributed by atoms with Gasteiger partial charge in [-0.15, -0.1) is 0 Å². The third-order valence-electron chi connectivity index (χ3n) is 5.29. The molecule has 0 saturated carbocycles. The van der Waals surface area contributed by atoms with Gasteiger partial charge in [-0.3, -0.25) is 19.2 Å². The second-order valence-electron chi connectivity index (χ2n) is 8.42. The first-order valence-corrected chi connectivity index (χ1v) is 12.3. The van der Waals surface area contributed by atoms with Crippen LogP contribution in [0.5, 0.6) is 5.75 Å². The second-order valence-corrected chi connectivity index (χ2v) is 8.42. The number of carbonyl (C=O) groups is 4. The van der Waals surface area contributed by atoms with Gasteiger partial charge in [0, 0.05) is 30.4 Å². The molecule has 0 bridgehead atoms. The minimum absolute atomic E-state index is 0.264. The number of nitrogens with zero attached hydrogens (tertiary/aromatic N) is 2. The molecule has 0 aromatic heterocycles. The summed E-state index contributed by atoms with van der Waals surface area (Å²) < 4.78 is 5.50. The maximum absolute atomic E-state index is 12.7. The SMILES string of the molecule is NCCCOc1ccc(NC(=O)[C@H](CC(=O)O)NC(=O)CNC(=O)c2cccc(N=C3N=CCCN3)c2)cc1. The molecule has 206 valence electrons. The smallest absolute Gasteiger partial charge is 0.305 e. The number of carboxylic acid groups (broad SMARTS) is 1. The van der Waals surface area contributed by atoms with Crippen molar-refractivity contribution >= 4 is 47.2 Å². The third kappa shape index (κ3) is 9.89. The van der Waals surface area contributed by atoms with Gasteiger partial charge >= 0.3 is 5.97 Å². The summed E-state index contributed by atoms with van der Waals surface area (Å²) in [6.07, 6.45) is 2.60. The molecule has 0 saturated heterocycles. The molecule has 1 atom stereocenters. The zero-order valence-corrected chi connectivity index (χ0v) is 21.2. The van der Waals surface area contributed by atoms with E-state index in [1.54, 1.807) is 54.7 Å². The number of benzene rings is 2. The predicted octanol–water partition coefficient (Wildman–Crippen LogP) is 0.794. The molecule has 2 aromatic carbocycles. The van der Waals surface area contributed by atoms with Gasteiger partial charge < -0.3 is 36.8 Å². The van der Waals surface area contributed by atoms with Crippen LogP contribution in [0.25, 0.3) is 0 Å². The van der Waals surface area contributed by atoms with Gasteiger partial charge in [0.2, 0.25) is 17.8 Å². The van der Waals surface area contributed by atoms with E-state index in [0.717, 1.165) is 13.0 Å². The van der Waals surface area contributed by atoms with Gasteiger partial charge in [-0.2, -0.15) is 0 Å². The third-order valence-corrected chi connectivity index (χ3v) is 5.29. The summed E-state index contributed by atoms with van der Waals surface area (Å²) in [6.45, 7) is 1.21. The van der Waals surface area contributed by atoms with Crippen molar-refractivity contribution in [2.24, 2.45) is 15.7 Å². The van der Waals surface area contributed by atoms with Gasteiger partial charge in [0.25, 0.3) is 5.91 Å². The van der Waals surface area contributed by atoms with Crippen LogP contribution in [0, 0.1) is 0 Å². The first-order valence-electron chi connectivity index (χ1n) is 12.3. The second kappa shape index (κ2) is 14.8. The zero-order chi connectivity index (χ0) is 28.0. The number of carbonyl (C=O) groups excluding carboxylic acids is 3. The Bertz CT molecular complexity index is 1230. The highest BCUT2D eigenvalue weighted by molar-refractivity contribution is 6.01. The average molecular weight is 538 g/mol. The molecule has 1 aliphatic rings. The monoisotopic (exact) mass is 537 g/mol. The Kier molecular flexibility index (Phi) is 10.9. The van der Waals surface area contributed by atoms with E-state index in [4.69, 9.17) is 10.5 Å². The average Bonchev–Trinajstić information content (AvgIpc) is 2.93. The van der Waals surface area contributed by atoms with Gasteiger partial charge in [-0.25, -0.2) is 9.98 Å². The number of carboxylic acids is 1. The largest absolute Gasteiger partial charge is 0.494 e. The van der Waals surface area contributed by atoms with Crippen molar-refractivity contribution in [3.63, 3.8) is 0 Å². The van der Waals surface area contributed by atoms with Crippen molar-refractivity contribution in [3.05, 3.63) is 54.1 Å². The van der Waals surface area contributed by atoms with E-state index in [1.807, 2.05) is 0 Å². The number of amides is 3. The summed E-state index contributed by atoms with van der Waals surface area (Å²) in [6, 6.07) is 11.6. The summed E-state index contributed by atoms with van der Waals surface area (Å²) in [4.78, 5) is 57.5. The molecule has 1 aliphatic heterocycles. The van der Waals surface area contributed by atoms with Crippen molar-refractivity contribution in [2.45, 2.75) is 25.3 Å². The minimum Gasteiger partial charge on any atom is -0.494 e. The van der Waals surface area contributed by atoms with Crippen molar-refractivity contribution in [2.75, 3.05) is 31.6 Å². The number of nitrogens with one attached hydrogen (secondary N) is 4. The van der Waals surface area contributed by atoms with Gasteiger partial charge in [0.1, 0.15) is 11.8 Å². The highest BCUT2D eigenvalue weighted by Crippen LogP contribution is 2.17. The predicted molar refractivity (Wildman–Crippen MR) is 145 cm³/mol. The van der Waals surface area contributed by atoms with Gasteiger partial charge in [-0.1, -0.05) is 6.07 Å². The number of ether oxygens (including phenoxy) is 1. The Balaban J connectivity index is 1.54. The Morgan fingerprint density at radius 1 is 1.15 bits per heavy atom. The number of aliphatic carboxylic acids is 1. The normalized spacial score (nSPS) is 14.1. The highest BCUT2D eigenvalue weighted by Gasteiger charge is 2.24. The molecule has 13 heteroatoms. The van der Waals surface area contributed by atoms with Crippen LogP contribution >= 0.6 is 0 Å². The number of aliphatic imine (C=N–C) groups is 2. The summed E-state index contributed by atoms with van der Waals surface area (Å²) in [5.74, 6) is -2.25. The molecule has 0 unspecified atom stereocenters. The van der Waals surface area contributed by atoms with Crippen LogP contribution in [0.4, 0.5) is 11.4 Å². The van der Waals surface area contributed by atoms with Crippen LogP contribution in [0.15, 0.2) is 58.5 Å². The van der Waals surface area contributed by atoms with E-state index in [2.05, 4.69) is 31.3 Å². The van der Waals surface area contributed by atoms with Crippen LogP contribution in [0.2, 0.25) is 0 Å². The maximum atomic E-state index is 12.7. The minimum atomic E-state index is -1.37. The number of guanidine groups is 1. The molecular weight excluding hydrogens is 506 g/mol. The topological polar surface area (TPSA) is 197 Å². The van der Waals surface area contributed by atoms with Crippen molar-refractivity contribution in [1.82, 2.24) is 16.0 Å². The number of hydrogen-bond donors (Lipinski definition) is 6. The molecule has 13 nitrogen and oxygen atoms in total. The van der Waals surface area contributed by atoms with E-state index < -0.39 is 42.7 Å². The molecule has 0 aliphatic carbocycles. The van der Waals surface area contributed by atoms with E-state index in [0.29, 0.717) is 42.7 Å². The molecule has 7 N–H and O–H groups in total. The molecule has 2 aromatic rings. The molecule has 39 heavy (non-hydrogen) atoms. The standard InChI is InChI=1S/C26H31N7O6/c27-10-2-13-39-20-8-6-18(7-9-20)31-25(38)21(15-23(35)36)33-22(34)16-30-24(37)17-4-1-5-19(14-17)32-26-28-11-3-12-29-26/h1,4-9,11,14,21H,2-3,10,12-13,15-16,27H2,(H,29,32)(H,30,37)(H,31,38)(H,33,34)(H,35,36)/t21-/m0/s1. The maximum Gasteiger partial charge on any atom is 0.305 e. The van der Waals surface area contributed by atoms with Gasteiger partial charge in [-0.05, 0) is 55.4 Å². The molecule has 0 spiro atoms. The van der Waals surface area contributed by atoms with Crippen LogP contribution < -0.4 is 31.7 Å². The first kappa shape index (κ1) is 28.8. The lowest BCUT2D eigenvalue weighted by molar-refractivity contribution is -0.139. The van der Waals surface area contributed by atoms with Crippen molar-refractivity contribution < 1.29 is 29.0 Å². The molecule has 3 rings (SSSR count). The van der Waals surface area contributed by atoms with E-state index in [1.165, 1.54) is 0 Å². The van der Waals surface area contributed by atoms with Crippen LogP contribution in [0.3, 0.4) is 0 Å². The van der Waals surface area contributed by atoms with Gasteiger partial charge in [0.15, 0.2) is 0 Å². The van der Waals surface area contributed by atoms with Gasteiger partial charge in [0.05, 0.1) is 25.3 Å². The summed E-state index contributed by atoms with van der Waals surface area (Å²) in [7, 11) is 0. The molecule has 0 radical (unpaired) electrons. The number of anilines is 1. The number of hydrogen-bond acceptors (Lipinski definition) is 7. The fourth-order valence-corrected chi connectivity index (χ4v) is 3.38. The van der Waals surface area contributed by atoms with E-state index >= 15 is 0 Å². The fraction of sp³-hybridized carbons (Fsp3) is 0.308. The van der Waals surface area contributed by atoms with Crippen LogP contribution in [0.1, 0.15) is 29.6 Å². The summed E-state index contributed by atoms with van der Waals surface area (Å²) >= 11 is 0. The lowest BCUT2D eigenvalue weighted by Gasteiger charge is -2.17. The van der Waals surface area contributed by atoms with Crippen LogP contribution in [-0.4, -0.2) is 73.3 Å². The van der Waals surface area contributed by atoms with Crippen molar-refractivity contribution in [1.29, 1.82) is 0 Å². The Labute approximate surface area is 224 Å². The van der Waals surface area contributed by atoms with Crippen LogP contribution in [-0.2, 0) is 14.4 Å². The molecule has 0 fully saturated rings. The van der Waals surface area contributed by atoms with Crippen molar-refractivity contribution in [3.8, 4) is 5.75 Å². The summed E-state index contributed by atoms with van der Waals surface area (Å²) in [5, 5.41) is 19.6. The highest BCUT2D eigenvalue weighted by atomic mass is 16.5. The van der Waals surface area contributed by atoms with E-state index in [-0.39, 0.29) is 5.56 Å². The Morgan fingerprint density at radius 3 is 2.64 bits per heavy atom. The lowest BCUT2D eigenvalue weighted by Crippen LogP contribution is -2.48. The van der Waals surface area contributed by atoms with E-state index in [9.17, 15) is 24.3 Å². The Morgan fingerprint density at radius 2 is 1.95 bits per heavy atom. The summed E-state index contributed by atoms with van der Waals surface area (Å²) in [5.41, 5.74) is 6.59. The lowest BCUT2D eigenvalue weighted by atomic mass is 10.1. The molecular formula is C26H31N7O6. The Hall–Kier alpha value is -4.78. The number of rotatable bonds is 13.